The van der Waals surface area contributed by atoms with E-state index in [1.54, 1.807) is 0 Å². The van der Waals surface area contributed by atoms with Gasteiger partial charge in [0.1, 0.15) is 7.05 Å². The van der Waals surface area contributed by atoms with Crippen LogP contribution in [-0.4, -0.2) is 13.1 Å². The number of likely N-dealkylation sites (N-methyl/N-ethyl adjacent to an activating group) is 1. The van der Waals surface area contributed by atoms with Gasteiger partial charge in [0.15, 0.2) is 0 Å². The van der Waals surface area contributed by atoms with Gasteiger partial charge in [0.25, 0.3) is 0 Å². The molecule has 26 heavy (non-hydrogen) atoms. The van der Waals surface area contributed by atoms with Crippen molar-refractivity contribution in [3.63, 3.8) is 0 Å². The minimum atomic E-state index is 0.222. The van der Waals surface area contributed by atoms with Gasteiger partial charge in [-0.1, -0.05) is 35.3 Å². The Labute approximate surface area is 162 Å². The van der Waals surface area contributed by atoms with E-state index in [0.717, 1.165) is 10.1 Å². The highest BCUT2D eigenvalue weighted by Gasteiger charge is 2.40. The lowest BCUT2D eigenvalue weighted by molar-refractivity contribution is -0.652. The molecule has 2 aromatic carbocycles. The van der Waals surface area contributed by atoms with E-state index in [2.05, 4.69) is 66.9 Å². The Morgan fingerprint density at radius 2 is 1.88 bits per heavy atom. The number of aromatic nitrogens is 1. The zero-order valence-corrected chi connectivity index (χ0v) is 16.4. The van der Waals surface area contributed by atoms with Crippen molar-refractivity contribution >= 4 is 50.6 Å². The Bertz CT molecular complexity index is 1160. The zero-order valence-electron chi connectivity index (χ0n) is 14.9. The minimum Gasteiger partial charge on any atom is -0.366 e. The van der Waals surface area contributed by atoms with E-state index in [-0.39, 0.29) is 12.0 Å². The maximum atomic E-state index is 6.39. The largest absolute Gasteiger partial charge is 0.366 e. The van der Waals surface area contributed by atoms with Gasteiger partial charge in [0, 0.05) is 28.6 Å². The van der Waals surface area contributed by atoms with E-state index in [0.29, 0.717) is 0 Å². The molecule has 2 unspecified atom stereocenters. The predicted molar refractivity (Wildman–Crippen MR) is 110 cm³/mol. The molecule has 2 atom stereocenters. The summed E-state index contributed by atoms with van der Waals surface area (Å²) >= 11 is 12.7. The zero-order chi connectivity index (χ0) is 18.2. The van der Waals surface area contributed by atoms with Crippen LogP contribution in [0.1, 0.15) is 17.2 Å². The summed E-state index contributed by atoms with van der Waals surface area (Å²) in [6.45, 7) is 2.16. The molecular weight excluding hydrogens is 363 g/mol. The van der Waals surface area contributed by atoms with Crippen molar-refractivity contribution in [2.75, 3.05) is 11.9 Å². The van der Waals surface area contributed by atoms with Crippen molar-refractivity contribution in [2.45, 2.75) is 18.9 Å². The number of allylic oxidation sites excluding steroid dienone is 2. The van der Waals surface area contributed by atoms with Crippen molar-refractivity contribution in [1.82, 2.24) is 0 Å². The molecule has 0 N–H and O–H groups in total. The smallest absolute Gasteiger partial charge is 0.213 e. The molecule has 1 aliphatic carbocycles. The van der Waals surface area contributed by atoms with E-state index < -0.39 is 0 Å². The van der Waals surface area contributed by atoms with Gasteiger partial charge in [-0.05, 0) is 42.8 Å². The van der Waals surface area contributed by atoms with Crippen LogP contribution in [0.2, 0.25) is 5.02 Å². The van der Waals surface area contributed by atoms with Crippen LogP contribution in [0, 0.1) is 6.92 Å². The first-order chi connectivity index (χ1) is 12.5. The van der Waals surface area contributed by atoms with Gasteiger partial charge >= 0.3 is 0 Å². The lowest BCUT2D eigenvalue weighted by Crippen LogP contribution is -2.46. The van der Waals surface area contributed by atoms with Crippen LogP contribution in [0.15, 0.2) is 53.6 Å². The molecule has 0 radical (unpaired) electrons. The molecule has 1 aliphatic heterocycles. The average molecular weight is 382 g/mol. The minimum absolute atomic E-state index is 0.222. The quantitative estimate of drug-likeness (QED) is 0.374. The van der Waals surface area contributed by atoms with Crippen LogP contribution < -0.4 is 9.47 Å². The Morgan fingerprint density at radius 1 is 1.08 bits per heavy atom. The summed E-state index contributed by atoms with van der Waals surface area (Å²) in [7, 11) is 4.32. The predicted octanol–water partition coefficient (Wildman–Crippen LogP) is 5.37. The molecule has 1 aromatic heterocycles. The highest BCUT2D eigenvalue weighted by Crippen LogP contribution is 2.45. The van der Waals surface area contributed by atoms with Crippen LogP contribution in [0.4, 0.5) is 5.69 Å². The highest BCUT2D eigenvalue weighted by molar-refractivity contribution is 6.32. The molecule has 0 saturated carbocycles. The molecule has 0 fully saturated rings. The number of anilines is 1. The molecule has 5 rings (SSSR count). The highest BCUT2D eigenvalue weighted by atomic mass is 35.5. The van der Waals surface area contributed by atoms with E-state index in [1.807, 2.05) is 12.1 Å². The molecule has 3 aromatic rings. The second kappa shape index (κ2) is 5.48. The van der Waals surface area contributed by atoms with Crippen molar-refractivity contribution in [2.24, 2.45) is 7.05 Å². The first-order valence-corrected chi connectivity index (χ1v) is 9.55. The monoisotopic (exact) mass is 381 g/mol. The van der Waals surface area contributed by atoms with Crippen LogP contribution in [0.25, 0.3) is 21.7 Å². The fourth-order valence-electron chi connectivity index (χ4n) is 4.64. The molecular formula is C22H19Cl2N2+. The van der Waals surface area contributed by atoms with Gasteiger partial charge in [-0.2, -0.15) is 4.57 Å². The first-order valence-electron chi connectivity index (χ1n) is 8.79. The Balaban J connectivity index is 2.02. The van der Waals surface area contributed by atoms with Gasteiger partial charge in [0.05, 0.1) is 28.4 Å². The molecule has 0 bridgehead atoms. The van der Waals surface area contributed by atoms with E-state index in [4.69, 9.17) is 23.2 Å². The SMILES string of the molecule is Cc1cc2c3c([n+](C)c4ccc(Cl)cc4c3c1)C1C=C(Cl)C=CC1N2C. The van der Waals surface area contributed by atoms with Crippen molar-refractivity contribution < 1.29 is 4.57 Å². The second-order valence-electron chi connectivity index (χ2n) is 7.35. The van der Waals surface area contributed by atoms with Crippen LogP contribution in [0.3, 0.4) is 0 Å². The molecule has 0 amide bonds. The topological polar surface area (TPSA) is 7.12 Å². The van der Waals surface area contributed by atoms with Crippen LogP contribution in [0.5, 0.6) is 0 Å². The number of rotatable bonds is 0. The number of aryl methyl sites for hydroxylation is 2. The number of nitrogens with zero attached hydrogens (tertiary/aromatic N) is 2. The first kappa shape index (κ1) is 16.2. The fourth-order valence-corrected chi connectivity index (χ4v) is 5.02. The number of fused-ring (bicyclic) bond motifs is 4. The third-order valence-corrected chi connectivity index (χ3v) is 6.28. The number of hydrogen-bond acceptors (Lipinski definition) is 1. The molecule has 2 heterocycles. The fraction of sp³-hybridized carbons (Fsp3) is 0.227. The standard InChI is InChI=1S/C22H19Cl2N2/c1-12-8-16-15-10-13(23)4-6-18(15)26(3)22-17-11-14(24)5-7-19(17)25(2)20(9-12)21(16)22/h4-11,17,19H,1-3H3/q+1. The van der Waals surface area contributed by atoms with Crippen LogP contribution in [-0.2, 0) is 7.05 Å². The molecule has 0 spiro atoms. The molecule has 2 nitrogen and oxygen atoms in total. The van der Waals surface area contributed by atoms with Gasteiger partial charge < -0.3 is 4.90 Å². The molecule has 2 aliphatic rings. The summed E-state index contributed by atoms with van der Waals surface area (Å²) in [5.41, 5.74) is 5.03. The summed E-state index contributed by atoms with van der Waals surface area (Å²) < 4.78 is 2.32. The number of pyridine rings is 1. The Kier molecular flexibility index (Phi) is 3.41. The summed E-state index contributed by atoms with van der Waals surface area (Å²) in [4.78, 5) is 2.37. The summed E-state index contributed by atoms with van der Waals surface area (Å²) in [6.07, 6.45) is 6.41. The second-order valence-corrected chi connectivity index (χ2v) is 8.22. The number of halogens is 2. The summed E-state index contributed by atoms with van der Waals surface area (Å²) in [5.74, 6) is 0.222. The maximum absolute atomic E-state index is 6.39. The van der Waals surface area contributed by atoms with Gasteiger partial charge in [-0.25, -0.2) is 0 Å². The van der Waals surface area contributed by atoms with Crippen molar-refractivity contribution in [3.05, 3.63) is 69.9 Å². The normalized spacial score (nSPS) is 21.3. The Morgan fingerprint density at radius 3 is 2.69 bits per heavy atom. The molecule has 130 valence electrons. The summed E-state index contributed by atoms with van der Waals surface area (Å²) in [5, 5.41) is 5.32. The van der Waals surface area contributed by atoms with Crippen LogP contribution >= 0.6 is 23.2 Å². The van der Waals surface area contributed by atoms with E-state index >= 15 is 0 Å². The van der Waals surface area contributed by atoms with Crippen molar-refractivity contribution in [1.29, 1.82) is 0 Å². The number of benzene rings is 2. The van der Waals surface area contributed by atoms with Crippen molar-refractivity contribution in [3.8, 4) is 0 Å². The molecule has 0 saturated heterocycles. The third kappa shape index (κ3) is 2.09. The average Bonchev–Trinajstić information content (AvgIpc) is 2.61. The van der Waals surface area contributed by atoms with Gasteiger partial charge in [-0.15, -0.1) is 0 Å². The van der Waals surface area contributed by atoms with E-state index in [1.165, 1.54) is 38.6 Å². The molecule has 4 heteroatoms. The lowest BCUT2D eigenvalue weighted by atomic mass is 9.82. The summed E-state index contributed by atoms with van der Waals surface area (Å²) in [6, 6.07) is 11.0. The number of hydrogen-bond donors (Lipinski definition) is 0. The lowest BCUT2D eigenvalue weighted by Gasteiger charge is -2.39. The van der Waals surface area contributed by atoms with E-state index in [9.17, 15) is 0 Å². The Hall–Kier alpha value is -2.03. The third-order valence-electron chi connectivity index (χ3n) is 5.79. The van der Waals surface area contributed by atoms with Gasteiger partial charge in [-0.3, -0.25) is 0 Å². The van der Waals surface area contributed by atoms with Gasteiger partial charge in [0.2, 0.25) is 11.2 Å². The maximum Gasteiger partial charge on any atom is 0.213 e.